The van der Waals surface area contributed by atoms with Crippen molar-refractivity contribution in [2.75, 3.05) is 0 Å². The Kier molecular flexibility index (Phi) is 4.08. The van der Waals surface area contributed by atoms with E-state index < -0.39 is 27.9 Å². The monoisotopic (exact) mass is 199 g/mol. The largest absolute Gasteiger partial charge is 0.391 e. The maximum Gasteiger partial charge on any atom is 0.288 e. The Morgan fingerprint density at radius 1 is 1.33 bits per heavy atom. The molecule has 0 radical (unpaired) electrons. The Balaban J connectivity index is 4.41. The van der Waals surface area contributed by atoms with E-state index in [9.17, 15) is 8.42 Å². The first kappa shape index (κ1) is 11.8. The zero-order valence-electron chi connectivity index (χ0n) is 6.84. The summed E-state index contributed by atoms with van der Waals surface area (Å²) in [4.78, 5) is 0. The van der Waals surface area contributed by atoms with Crippen molar-refractivity contribution in [3.63, 3.8) is 0 Å². The van der Waals surface area contributed by atoms with Crippen LogP contribution in [0.2, 0.25) is 0 Å². The molecule has 7 heteroatoms. The number of nitrogens with two attached hydrogens (primary N) is 1. The number of rotatable bonds is 4. The molecule has 0 fully saturated rings. The van der Waals surface area contributed by atoms with E-state index >= 15 is 0 Å². The second-order valence-electron chi connectivity index (χ2n) is 2.39. The van der Waals surface area contributed by atoms with Gasteiger partial charge in [0.2, 0.25) is 0 Å². The van der Waals surface area contributed by atoms with Crippen molar-refractivity contribution in [3.8, 4) is 0 Å². The highest BCUT2D eigenvalue weighted by atomic mass is 32.2. The Morgan fingerprint density at radius 3 is 2.00 bits per heavy atom. The highest BCUT2D eigenvalue weighted by Gasteiger charge is 2.28. The molecule has 3 unspecified atom stereocenters. The Hall–Kier alpha value is -0.210. The van der Waals surface area contributed by atoms with Crippen LogP contribution in [0.4, 0.5) is 0 Å². The first-order chi connectivity index (χ1) is 5.27. The molecule has 0 aromatic carbocycles. The fourth-order valence-electron chi connectivity index (χ4n) is 0.499. The molecule has 0 bridgehead atoms. The van der Waals surface area contributed by atoms with Crippen molar-refractivity contribution < 1.29 is 22.8 Å². The summed E-state index contributed by atoms with van der Waals surface area (Å²) in [5.41, 5.74) is 5.07. The lowest BCUT2D eigenvalue weighted by molar-refractivity contribution is 0.00272. The van der Waals surface area contributed by atoms with Crippen LogP contribution < -0.4 is 5.73 Å². The first-order valence-corrected chi connectivity index (χ1v) is 4.78. The average molecular weight is 199 g/mol. The van der Waals surface area contributed by atoms with E-state index in [-0.39, 0.29) is 0 Å². The van der Waals surface area contributed by atoms with Crippen LogP contribution in [-0.2, 0) is 14.3 Å². The predicted octanol–water partition coefficient (Wildman–Crippen LogP) is -1.66. The van der Waals surface area contributed by atoms with Gasteiger partial charge >= 0.3 is 0 Å². The zero-order valence-corrected chi connectivity index (χ0v) is 7.65. The van der Waals surface area contributed by atoms with E-state index in [4.69, 9.17) is 15.9 Å². The minimum Gasteiger partial charge on any atom is -0.391 e. The molecule has 0 saturated heterocycles. The summed E-state index contributed by atoms with van der Waals surface area (Å²) in [6, 6.07) is 0. The van der Waals surface area contributed by atoms with Crippen LogP contribution in [0.1, 0.15) is 13.8 Å². The fraction of sp³-hybridized carbons (Fsp3) is 1.00. The van der Waals surface area contributed by atoms with E-state index in [1.54, 1.807) is 0 Å². The Bertz CT molecular complexity index is 222. The van der Waals surface area contributed by atoms with Crippen LogP contribution in [-0.4, -0.2) is 36.4 Å². The predicted molar refractivity (Wildman–Crippen MR) is 41.3 cm³/mol. The topological polar surface area (TPSA) is 110 Å². The van der Waals surface area contributed by atoms with Crippen LogP contribution in [0.15, 0.2) is 0 Å². The molecular formula is C5H13NO5S. The van der Waals surface area contributed by atoms with Gasteiger partial charge in [0, 0.05) is 0 Å². The molecular weight excluding hydrogens is 186 g/mol. The van der Waals surface area contributed by atoms with Crippen molar-refractivity contribution in [1.29, 1.82) is 0 Å². The third-order valence-electron chi connectivity index (χ3n) is 1.08. The normalized spacial score (nSPS) is 20.1. The highest BCUT2D eigenvalue weighted by Crippen LogP contribution is 2.05. The van der Waals surface area contributed by atoms with Gasteiger partial charge in [-0.2, -0.15) is 8.42 Å². The van der Waals surface area contributed by atoms with Gasteiger partial charge in [0.15, 0.2) is 11.7 Å². The van der Waals surface area contributed by atoms with E-state index in [1.165, 1.54) is 6.92 Å². The Labute approximate surface area is 71.1 Å². The van der Waals surface area contributed by atoms with Gasteiger partial charge in [-0.05, 0) is 13.8 Å². The molecule has 0 saturated carbocycles. The summed E-state index contributed by atoms with van der Waals surface area (Å²) >= 11 is 0. The summed E-state index contributed by atoms with van der Waals surface area (Å²) in [5, 5.41) is 15.8. The lowest BCUT2D eigenvalue weighted by Crippen LogP contribution is -2.42. The molecule has 0 aromatic rings. The van der Waals surface area contributed by atoms with Gasteiger partial charge in [0.25, 0.3) is 10.1 Å². The lowest BCUT2D eigenvalue weighted by atomic mass is 10.4. The number of aliphatic hydroxyl groups excluding tert-OH is 2. The summed E-state index contributed by atoms with van der Waals surface area (Å²) in [6.45, 7) is 2.35. The van der Waals surface area contributed by atoms with Gasteiger partial charge in [-0.15, -0.1) is 0 Å². The molecule has 0 aliphatic carbocycles. The standard InChI is InChI=1S/C5H13NO5S/c1-3(7)5(6)12(9,10)11-4(2)8/h3-5,7-8H,6H2,1-2H3. The summed E-state index contributed by atoms with van der Waals surface area (Å²) in [5.74, 6) is 0. The molecule has 3 atom stereocenters. The van der Waals surface area contributed by atoms with Gasteiger partial charge in [0.1, 0.15) is 0 Å². The molecule has 4 N–H and O–H groups in total. The van der Waals surface area contributed by atoms with E-state index in [0.717, 1.165) is 6.92 Å². The minimum atomic E-state index is -4.08. The molecule has 0 aliphatic heterocycles. The second-order valence-corrected chi connectivity index (χ2v) is 4.12. The molecule has 0 spiro atoms. The van der Waals surface area contributed by atoms with Crippen molar-refractivity contribution in [3.05, 3.63) is 0 Å². The average Bonchev–Trinajstić information content (AvgIpc) is 1.82. The third kappa shape index (κ3) is 3.46. The number of hydrogen-bond acceptors (Lipinski definition) is 6. The van der Waals surface area contributed by atoms with Gasteiger partial charge in [-0.25, -0.2) is 4.18 Å². The van der Waals surface area contributed by atoms with Crippen molar-refractivity contribution in [1.82, 2.24) is 0 Å². The molecule has 0 amide bonds. The Morgan fingerprint density at radius 2 is 1.75 bits per heavy atom. The highest BCUT2D eigenvalue weighted by molar-refractivity contribution is 7.87. The maximum absolute atomic E-state index is 10.9. The van der Waals surface area contributed by atoms with Crippen LogP contribution >= 0.6 is 0 Å². The van der Waals surface area contributed by atoms with E-state index in [0.29, 0.717) is 0 Å². The van der Waals surface area contributed by atoms with Crippen molar-refractivity contribution >= 4 is 10.1 Å². The van der Waals surface area contributed by atoms with E-state index in [2.05, 4.69) is 4.18 Å². The molecule has 0 aliphatic rings. The van der Waals surface area contributed by atoms with Gasteiger partial charge in [-0.3, -0.25) is 0 Å². The van der Waals surface area contributed by atoms with Crippen LogP contribution in [0.25, 0.3) is 0 Å². The summed E-state index contributed by atoms with van der Waals surface area (Å²) in [7, 11) is -4.08. The summed E-state index contributed by atoms with van der Waals surface area (Å²) in [6.07, 6.45) is -2.70. The second kappa shape index (κ2) is 4.15. The number of aliphatic hydroxyl groups is 2. The van der Waals surface area contributed by atoms with Crippen molar-refractivity contribution in [2.24, 2.45) is 5.73 Å². The quantitative estimate of drug-likeness (QED) is 0.369. The van der Waals surface area contributed by atoms with Gasteiger partial charge in [0.05, 0.1) is 6.10 Å². The molecule has 12 heavy (non-hydrogen) atoms. The minimum absolute atomic E-state index is 1.13. The smallest absolute Gasteiger partial charge is 0.288 e. The van der Waals surface area contributed by atoms with Crippen molar-refractivity contribution in [2.45, 2.75) is 31.6 Å². The SMILES string of the molecule is CC(O)OS(=O)(=O)C(N)C(C)O. The molecule has 0 heterocycles. The first-order valence-electron chi connectivity index (χ1n) is 3.31. The third-order valence-corrected chi connectivity index (χ3v) is 2.69. The molecule has 0 rings (SSSR count). The van der Waals surface area contributed by atoms with Crippen LogP contribution in [0.3, 0.4) is 0 Å². The lowest BCUT2D eigenvalue weighted by Gasteiger charge is -2.15. The molecule has 0 aromatic heterocycles. The van der Waals surface area contributed by atoms with Crippen LogP contribution in [0.5, 0.6) is 0 Å². The maximum atomic E-state index is 10.9. The van der Waals surface area contributed by atoms with Crippen LogP contribution in [0, 0.1) is 0 Å². The summed E-state index contributed by atoms with van der Waals surface area (Å²) < 4.78 is 25.9. The zero-order chi connectivity index (χ0) is 9.94. The fourth-order valence-corrected chi connectivity index (χ4v) is 1.50. The van der Waals surface area contributed by atoms with Gasteiger partial charge in [-0.1, -0.05) is 0 Å². The van der Waals surface area contributed by atoms with E-state index in [1.807, 2.05) is 0 Å². The number of hydrogen-bond donors (Lipinski definition) is 3. The molecule has 6 nitrogen and oxygen atoms in total. The molecule has 74 valence electrons. The van der Waals surface area contributed by atoms with Gasteiger partial charge < -0.3 is 15.9 Å².